The van der Waals surface area contributed by atoms with Crippen LogP contribution in [0.3, 0.4) is 0 Å². The van der Waals surface area contributed by atoms with Gasteiger partial charge in [-0.3, -0.25) is 0 Å². The number of ether oxygens (including phenoxy) is 1. The fourth-order valence-electron chi connectivity index (χ4n) is 2.13. The second-order valence-corrected chi connectivity index (χ2v) is 5.31. The Kier molecular flexibility index (Phi) is 3.57. The molecule has 0 saturated heterocycles. The summed E-state index contributed by atoms with van der Waals surface area (Å²) in [4.78, 5) is 19.4. The zero-order valence-corrected chi connectivity index (χ0v) is 12.5. The van der Waals surface area contributed by atoms with Gasteiger partial charge in [-0.15, -0.1) is 0 Å². The van der Waals surface area contributed by atoms with Crippen LogP contribution in [0.15, 0.2) is 36.4 Å². The van der Waals surface area contributed by atoms with E-state index in [0.717, 1.165) is 11.1 Å². The molecule has 4 nitrogen and oxygen atoms in total. The molecule has 3 aromatic rings. The summed E-state index contributed by atoms with van der Waals surface area (Å²) in [5.41, 5.74) is 2.45. The quantitative estimate of drug-likeness (QED) is 0.715. The Labute approximate surface area is 130 Å². The molecule has 1 aromatic heterocycles. The lowest BCUT2D eigenvalue weighted by atomic mass is 10.2. The minimum atomic E-state index is -0.428. The monoisotopic (exact) mass is 320 g/mol. The number of carbonyl (C=O) groups excluding carboxylic acids is 1. The van der Waals surface area contributed by atoms with Crippen molar-refractivity contribution in [2.75, 3.05) is 7.11 Å². The van der Waals surface area contributed by atoms with Crippen LogP contribution in [0.2, 0.25) is 10.0 Å². The van der Waals surface area contributed by atoms with Crippen LogP contribution in [0.25, 0.3) is 22.4 Å². The van der Waals surface area contributed by atoms with Gasteiger partial charge in [-0.05, 0) is 30.3 Å². The van der Waals surface area contributed by atoms with Gasteiger partial charge in [-0.25, -0.2) is 9.78 Å². The van der Waals surface area contributed by atoms with Gasteiger partial charge < -0.3 is 9.72 Å². The zero-order valence-electron chi connectivity index (χ0n) is 11.0. The van der Waals surface area contributed by atoms with Crippen molar-refractivity contribution >= 4 is 40.2 Å². The summed E-state index contributed by atoms with van der Waals surface area (Å²) in [7, 11) is 1.34. The number of hydrogen-bond acceptors (Lipinski definition) is 3. The third-order valence-corrected chi connectivity index (χ3v) is 3.49. The third-order valence-electron chi connectivity index (χ3n) is 3.05. The predicted octanol–water partition coefficient (Wildman–Crippen LogP) is 4.32. The van der Waals surface area contributed by atoms with E-state index in [0.29, 0.717) is 26.9 Å². The molecule has 0 bridgehead atoms. The number of carbonyl (C=O) groups is 1. The number of hydrogen-bond donors (Lipinski definition) is 1. The molecule has 0 amide bonds. The van der Waals surface area contributed by atoms with E-state index in [-0.39, 0.29) is 0 Å². The lowest BCUT2D eigenvalue weighted by Gasteiger charge is -1.99. The molecule has 21 heavy (non-hydrogen) atoms. The van der Waals surface area contributed by atoms with E-state index >= 15 is 0 Å². The van der Waals surface area contributed by atoms with Gasteiger partial charge >= 0.3 is 5.97 Å². The maximum Gasteiger partial charge on any atom is 0.340 e. The summed E-state index contributed by atoms with van der Waals surface area (Å²) < 4.78 is 4.76. The molecule has 0 spiro atoms. The second-order valence-electron chi connectivity index (χ2n) is 4.44. The molecule has 0 saturated carbocycles. The molecule has 0 aliphatic rings. The summed E-state index contributed by atoms with van der Waals surface area (Å²) >= 11 is 12.0. The highest BCUT2D eigenvalue weighted by Crippen LogP contribution is 2.28. The van der Waals surface area contributed by atoms with Gasteiger partial charge in [0.1, 0.15) is 11.3 Å². The fraction of sp³-hybridized carbons (Fsp3) is 0.0667. The van der Waals surface area contributed by atoms with Crippen molar-refractivity contribution in [3.63, 3.8) is 0 Å². The normalized spacial score (nSPS) is 10.8. The SMILES string of the molecule is COC(=O)c1cccc2[nH]c(-c3cc(Cl)cc(Cl)c3)nc12. The van der Waals surface area contributed by atoms with Gasteiger partial charge in [0, 0.05) is 15.6 Å². The van der Waals surface area contributed by atoms with E-state index in [2.05, 4.69) is 9.97 Å². The molecule has 6 heteroatoms. The van der Waals surface area contributed by atoms with Crippen molar-refractivity contribution in [3.05, 3.63) is 52.0 Å². The number of aromatic nitrogens is 2. The van der Waals surface area contributed by atoms with E-state index < -0.39 is 5.97 Å². The van der Waals surface area contributed by atoms with Crippen LogP contribution >= 0.6 is 23.2 Å². The summed E-state index contributed by atoms with van der Waals surface area (Å²) in [5.74, 6) is 0.161. The van der Waals surface area contributed by atoms with Crippen molar-refractivity contribution < 1.29 is 9.53 Å². The molecule has 1 N–H and O–H groups in total. The molecule has 2 aromatic carbocycles. The van der Waals surface area contributed by atoms with Gasteiger partial charge in [0.05, 0.1) is 18.2 Å². The summed E-state index contributed by atoms with van der Waals surface area (Å²) in [6, 6.07) is 10.4. The highest BCUT2D eigenvalue weighted by molar-refractivity contribution is 6.35. The minimum Gasteiger partial charge on any atom is -0.465 e. The molecule has 106 valence electrons. The van der Waals surface area contributed by atoms with Gasteiger partial charge in [-0.2, -0.15) is 0 Å². The molecule has 0 aliphatic heterocycles. The molecule has 0 atom stereocenters. The number of nitrogens with zero attached hydrogens (tertiary/aromatic N) is 1. The van der Waals surface area contributed by atoms with E-state index in [9.17, 15) is 4.79 Å². The van der Waals surface area contributed by atoms with Crippen molar-refractivity contribution in [2.24, 2.45) is 0 Å². The zero-order chi connectivity index (χ0) is 15.0. The van der Waals surface area contributed by atoms with Crippen LogP contribution in [0, 0.1) is 0 Å². The first-order valence-corrected chi connectivity index (χ1v) is 6.87. The number of para-hydroxylation sites is 1. The number of H-pyrrole nitrogens is 1. The van der Waals surface area contributed by atoms with Crippen LogP contribution in [-0.4, -0.2) is 23.0 Å². The molecule has 0 aliphatic carbocycles. The number of halogens is 2. The minimum absolute atomic E-state index is 0.408. The smallest absolute Gasteiger partial charge is 0.340 e. The molecular weight excluding hydrogens is 311 g/mol. The van der Waals surface area contributed by atoms with Crippen LogP contribution in [0.4, 0.5) is 0 Å². The highest BCUT2D eigenvalue weighted by Gasteiger charge is 2.15. The van der Waals surface area contributed by atoms with E-state index in [1.54, 1.807) is 30.3 Å². The third kappa shape index (κ3) is 2.60. The number of aromatic amines is 1. The molecule has 3 rings (SSSR count). The molecule has 0 radical (unpaired) electrons. The number of imidazole rings is 1. The molecule has 0 unspecified atom stereocenters. The number of benzene rings is 2. The second kappa shape index (κ2) is 5.39. The van der Waals surface area contributed by atoms with Crippen molar-refractivity contribution in [3.8, 4) is 11.4 Å². The number of nitrogens with one attached hydrogen (secondary N) is 1. The Balaban J connectivity index is 2.19. The lowest BCUT2D eigenvalue weighted by Crippen LogP contribution is -2.01. The first-order valence-electron chi connectivity index (χ1n) is 6.12. The lowest BCUT2D eigenvalue weighted by molar-refractivity contribution is 0.0603. The topological polar surface area (TPSA) is 55.0 Å². The number of rotatable bonds is 2. The number of esters is 1. The Hall–Kier alpha value is -2.04. The molecule has 1 heterocycles. The highest BCUT2D eigenvalue weighted by atomic mass is 35.5. The number of fused-ring (bicyclic) bond motifs is 1. The van der Waals surface area contributed by atoms with Gasteiger partial charge in [0.25, 0.3) is 0 Å². The molecule has 0 fully saturated rings. The van der Waals surface area contributed by atoms with Crippen LogP contribution < -0.4 is 0 Å². The van der Waals surface area contributed by atoms with Gasteiger partial charge in [-0.1, -0.05) is 29.3 Å². The van der Waals surface area contributed by atoms with E-state index in [1.807, 2.05) is 6.07 Å². The largest absolute Gasteiger partial charge is 0.465 e. The first-order chi connectivity index (χ1) is 10.1. The standard InChI is InChI=1S/C15H10Cl2N2O2/c1-21-15(20)11-3-2-4-12-13(11)19-14(18-12)8-5-9(16)7-10(17)6-8/h2-7H,1H3,(H,18,19). The summed E-state index contributed by atoms with van der Waals surface area (Å²) in [6.07, 6.45) is 0. The number of methoxy groups -OCH3 is 1. The Morgan fingerprint density at radius 2 is 1.90 bits per heavy atom. The van der Waals surface area contributed by atoms with Gasteiger partial charge in [0.15, 0.2) is 0 Å². The summed E-state index contributed by atoms with van der Waals surface area (Å²) in [6.45, 7) is 0. The van der Waals surface area contributed by atoms with Crippen LogP contribution in [0.5, 0.6) is 0 Å². The van der Waals surface area contributed by atoms with E-state index in [1.165, 1.54) is 7.11 Å². The average Bonchev–Trinajstić information content (AvgIpc) is 2.89. The maximum atomic E-state index is 11.8. The van der Waals surface area contributed by atoms with Crippen molar-refractivity contribution in [1.29, 1.82) is 0 Å². The predicted molar refractivity (Wildman–Crippen MR) is 82.9 cm³/mol. The Morgan fingerprint density at radius 3 is 2.57 bits per heavy atom. The van der Waals surface area contributed by atoms with Crippen LogP contribution in [-0.2, 0) is 4.74 Å². The van der Waals surface area contributed by atoms with Gasteiger partial charge in [0.2, 0.25) is 0 Å². The molecular formula is C15H10Cl2N2O2. The maximum absolute atomic E-state index is 11.8. The Morgan fingerprint density at radius 1 is 1.19 bits per heavy atom. The summed E-state index contributed by atoms with van der Waals surface area (Å²) in [5, 5.41) is 1.04. The van der Waals surface area contributed by atoms with Crippen molar-refractivity contribution in [1.82, 2.24) is 9.97 Å². The first kappa shape index (κ1) is 13.9. The fourth-order valence-corrected chi connectivity index (χ4v) is 2.66. The van der Waals surface area contributed by atoms with Crippen LogP contribution in [0.1, 0.15) is 10.4 Å². The average molecular weight is 321 g/mol. The van der Waals surface area contributed by atoms with E-state index in [4.69, 9.17) is 27.9 Å². The Bertz CT molecular complexity index is 823. The van der Waals surface area contributed by atoms with Crippen molar-refractivity contribution in [2.45, 2.75) is 0 Å².